The number of aliphatic hydroxyl groups is 5. The van der Waals surface area contributed by atoms with Gasteiger partial charge < -0.3 is 45.1 Å². The lowest BCUT2D eigenvalue weighted by atomic mass is 9.99. The number of hydrogen-bond acceptors (Lipinski definition) is 10. The maximum Gasteiger partial charge on any atom is 0.305 e. The highest BCUT2D eigenvalue weighted by Gasteiger charge is 2.44. The van der Waals surface area contributed by atoms with E-state index in [9.17, 15) is 35.1 Å². The second-order valence-electron chi connectivity index (χ2n) is 27.4. The Kier molecular flexibility index (Phi) is 66.7. The lowest BCUT2D eigenvalue weighted by Crippen LogP contribution is -2.60. The highest BCUT2D eigenvalue weighted by molar-refractivity contribution is 5.76. The molecule has 1 rings (SSSR count). The van der Waals surface area contributed by atoms with Crippen molar-refractivity contribution in [2.75, 3.05) is 19.8 Å². The summed E-state index contributed by atoms with van der Waals surface area (Å²) in [6, 6.07) is -0.825. The molecule has 1 fully saturated rings. The summed E-state index contributed by atoms with van der Waals surface area (Å²) >= 11 is 0. The lowest BCUT2D eigenvalue weighted by Gasteiger charge is -2.40. The van der Waals surface area contributed by atoms with Gasteiger partial charge in [-0.15, -0.1) is 0 Å². The van der Waals surface area contributed by atoms with E-state index in [0.29, 0.717) is 19.4 Å². The van der Waals surface area contributed by atoms with Gasteiger partial charge in [-0.3, -0.25) is 9.59 Å². The van der Waals surface area contributed by atoms with E-state index in [4.69, 9.17) is 14.2 Å². The molecule has 0 aliphatic carbocycles. The third-order valence-corrected chi connectivity index (χ3v) is 18.5. The molecule has 1 aliphatic rings. The number of carbonyl (C=O) groups is 2. The second-order valence-corrected chi connectivity index (χ2v) is 27.4. The molecule has 1 amide bonds. The van der Waals surface area contributed by atoms with Gasteiger partial charge in [-0.1, -0.05) is 324 Å². The van der Waals surface area contributed by atoms with Crippen molar-refractivity contribution in [1.82, 2.24) is 5.32 Å². The van der Waals surface area contributed by atoms with Crippen LogP contribution in [0.4, 0.5) is 0 Å². The predicted molar refractivity (Wildman–Crippen MR) is 393 cm³/mol. The Labute approximate surface area is 572 Å². The molecule has 11 nitrogen and oxygen atoms in total. The standard InChI is InChI=1S/C82H149NO10/c1-3-5-7-9-11-13-15-16-17-44-47-50-54-58-62-66-70-78(87)91-71-67-63-59-55-51-48-45-42-40-38-36-34-32-30-28-26-24-22-20-18-19-21-23-25-27-29-31-33-35-37-39-41-43-46-49-53-57-61-65-69-77(86)83-74(73-92-82-81(90)80(89)79(88)76(72-84)93-82)75(85)68-64-60-56-52-14-12-10-8-6-4-2/h13-15,17-19,22,24,44,52,64,68,74-76,79-82,84-85,88-90H,3-12,16,20-21,23,25-43,45-51,53-63,65-67,69-73H2,1-2H3,(H,83,86)/b15-13-,19-18-,24-22-,44-17-,52-14+,68-64+. The van der Waals surface area contributed by atoms with Crippen molar-refractivity contribution in [2.24, 2.45) is 0 Å². The number of rotatable bonds is 70. The third-order valence-electron chi connectivity index (χ3n) is 18.5. The molecule has 542 valence electrons. The van der Waals surface area contributed by atoms with E-state index in [1.54, 1.807) is 6.08 Å². The zero-order chi connectivity index (χ0) is 67.2. The molecule has 1 heterocycles. The SMILES string of the molecule is CCCCCC/C=C\C/C=C\CCCCCCCC(=O)OCCCCCCCCCCCCCCCCC/C=C\C/C=C\CCCCCCCCCCCCCCCCCCCC(=O)NC(COC1OC(CO)C(O)C(O)C1O)C(O)/C=C/CC/C=C/CCCCCC. The maximum absolute atomic E-state index is 13.0. The molecule has 1 aliphatic heterocycles. The number of allylic oxidation sites excluding steroid dienone is 11. The van der Waals surface area contributed by atoms with Crippen LogP contribution in [0.25, 0.3) is 0 Å². The molecule has 0 radical (unpaired) electrons. The summed E-state index contributed by atoms with van der Waals surface area (Å²) in [6.45, 7) is 4.30. The quantitative estimate of drug-likeness (QED) is 0.0195. The van der Waals surface area contributed by atoms with E-state index in [2.05, 4.69) is 79.9 Å². The minimum atomic E-state index is -1.58. The topological polar surface area (TPSA) is 175 Å². The number of hydrogen-bond donors (Lipinski definition) is 6. The summed E-state index contributed by atoms with van der Waals surface area (Å²) in [5.41, 5.74) is 0. The molecule has 0 aromatic heterocycles. The monoisotopic (exact) mass is 1310 g/mol. The summed E-state index contributed by atoms with van der Waals surface area (Å²) in [6.07, 6.45) is 86.7. The van der Waals surface area contributed by atoms with Crippen molar-refractivity contribution in [2.45, 2.75) is 416 Å². The lowest BCUT2D eigenvalue weighted by molar-refractivity contribution is -0.302. The van der Waals surface area contributed by atoms with Crippen LogP contribution in [0, 0.1) is 0 Å². The van der Waals surface area contributed by atoms with Crippen LogP contribution in [0.5, 0.6) is 0 Å². The Hall–Kier alpha value is -2.90. The van der Waals surface area contributed by atoms with Gasteiger partial charge in [0.2, 0.25) is 5.91 Å². The smallest absolute Gasteiger partial charge is 0.305 e. The summed E-state index contributed by atoms with van der Waals surface area (Å²) < 4.78 is 16.7. The molecule has 7 unspecified atom stereocenters. The number of nitrogens with one attached hydrogen (secondary N) is 1. The Morgan fingerprint density at radius 1 is 0.398 bits per heavy atom. The van der Waals surface area contributed by atoms with Crippen molar-refractivity contribution in [3.63, 3.8) is 0 Å². The van der Waals surface area contributed by atoms with Crippen molar-refractivity contribution in [3.05, 3.63) is 72.9 Å². The minimum Gasteiger partial charge on any atom is -0.466 e. The maximum atomic E-state index is 13.0. The second kappa shape index (κ2) is 70.4. The van der Waals surface area contributed by atoms with Crippen LogP contribution >= 0.6 is 0 Å². The fraction of sp³-hybridized carbons (Fsp3) is 0.829. The molecule has 0 aromatic carbocycles. The average molecular weight is 1310 g/mol. The first-order valence-corrected chi connectivity index (χ1v) is 39.7. The number of amides is 1. The number of esters is 1. The fourth-order valence-electron chi connectivity index (χ4n) is 12.3. The Bertz CT molecular complexity index is 1780. The van der Waals surface area contributed by atoms with Crippen LogP contribution in [-0.2, 0) is 23.8 Å². The zero-order valence-corrected chi connectivity index (χ0v) is 60.5. The minimum absolute atomic E-state index is 0.000813. The molecule has 0 saturated carbocycles. The molecule has 7 atom stereocenters. The average Bonchev–Trinajstić information content (AvgIpc) is 0.927. The molecule has 93 heavy (non-hydrogen) atoms. The van der Waals surface area contributed by atoms with Crippen LogP contribution in [-0.4, -0.2) is 100 Å². The molecule has 11 heteroatoms. The number of carbonyl (C=O) groups excluding carboxylic acids is 2. The van der Waals surface area contributed by atoms with Gasteiger partial charge in [0.05, 0.1) is 32.0 Å². The van der Waals surface area contributed by atoms with E-state index in [0.717, 1.165) is 70.6 Å². The van der Waals surface area contributed by atoms with E-state index >= 15 is 0 Å². The fourth-order valence-corrected chi connectivity index (χ4v) is 12.3. The molecule has 0 bridgehead atoms. The van der Waals surface area contributed by atoms with E-state index in [-0.39, 0.29) is 18.5 Å². The molecular weight excluding hydrogens is 1160 g/mol. The molecule has 6 N–H and O–H groups in total. The van der Waals surface area contributed by atoms with Gasteiger partial charge in [0, 0.05) is 12.8 Å². The predicted octanol–water partition coefficient (Wildman–Crippen LogP) is 21.4. The summed E-state index contributed by atoms with van der Waals surface area (Å²) in [4.78, 5) is 25.1. The van der Waals surface area contributed by atoms with Gasteiger partial charge in [-0.05, 0) is 109 Å². The van der Waals surface area contributed by atoms with Crippen LogP contribution < -0.4 is 5.32 Å². The van der Waals surface area contributed by atoms with Gasteiger partial charge >= 0.3 is 5.97 Å². The Balaban J connectivity index is 1.88. The van der Waals surface area contributed by atoms with Crippen LogP contribution in [0.1, 0.15) is 373 Å². The van der Waals surface area contributed by atoms with Crippen molar-refractivity contribution >= 4 is 11.9 Å². The van der Waals surface area contributed by atoms with Crippen molar-refractivity contribution in [1.29, 1.82) is 0 Å². The van der Waals surface area contributed by atoms with Crippen molar-refractivity contribution in [3.8, 4) is 0 Å². The number of unbranched alkanes of at least 4 members (excludes halogenated alkanes) is 46. The van der Waals surface area contributed by atoms with E-state index in [1.165, 1.54) is 276 Å². The van der Waals surface area contributed by atoms with E-state index in [1.807, 2.05) is 6.08 Å². The van der Waals surface area contributed by atoms with Gasteiger partial charge in [0.1, 0.15) is 24.4 Å². The Morgan fingerprint density at radius 3 is 1.13 bits per heavy atom. The summed E-state index contributed by atoms with van der Waals surface area (Å²) in [5.74, 6) is -0.189. The highest BCUT2D eigenvalue weighted by Crippen LogP contribution is 2.23. The Morgan fingerprint density at radius 2 is 0.731 bits per heavy atom. The van der Waals surface area contributed by atoms with Gasteiger partial charge in [0.25, 0.3) is 0 Å². The van der Waals surface area contributed by atoms with Crippen LogP contribution in [0.2, 0.25) is 0 Å². The first-order chi connectivity index (χ1) is 45.7. The zero-order valence-electron chi connectivity index (χ0n) is 60.5. The first kappa shape index (κ1) is 88.1. The summed E-state index contributed by atoms with van der Waals surface area (Å²) in [7, 11) is 0. The normalized spacial score (nSPS) is 17.9. The van der Waals surface area contributed by atoms with E-state index < -0.39 is 49.5 Å². The van der Waals surface area contributed by atoms with Gasteiger partial charge in [-0.25, -0.2) is 0 Å². The van der Waals surface area contributed by atoms with Crippen LogP contribution in [0.3, 0.4) is 0 Å². The largest absolute Gasteiger partial charge is 0.466 e. The first-order valence-electron chi connectivity index (χ1n) is 39.7. The van der Waals surface area contributed by atoms with Crippen molar-refractivity contribution < 1.29 is 49.3 Å². The molecule has 0 spiro atoms. The van der Waals surface area contributed by atoms with Gasteiger partial charge in [0.15, 0.2) is 6.29 Å². The molecule has 1 saturated heterocycles. The molecule has 0 aromatic rings. The molecular formula is C82H149NO10. The highest BCUT2D eigenvalue weighted by atomic mass is 16.7. The summed E-state index contributed by atoms with van der Waals surface area (Å²) in [5, 5.41) is 54.4. The van der Waals surface area contributed by atoms with Crippen LogP contribution in [0.15, 0.2) is 72.9 Å². The van der Waals surface area contributed by atoms with Gasteiger partial charge in [-0.2, -0.15) is 0 Å². The number of ether oxygens (including phenoxy) is 3. The third kappa shape index (κ3) is 58.9. The number of aliphatic hydroxyl groups excluding tert-OH is 5.